The summed E-state index contributed by atoms with van der Waals surface area (Å²) in [7, 11) is 0.948. The summed E-state index contributed by atoms with van der Waals surface area (Å²) in [6, 6.07) is 17.1. The second kappa shape index (κ2) is 15.9. The van der Waals surface area contributed by atoms with Crippen molar-refractivity contribution >= 4 is 19.7 Å². The quantitative estimate of drug-likeness (QED) is 0.219. The number of nitrogens with zero attached hydrogens (tertiary/aromatic N) is 1. The molecule has 0 aliphatic rings. The first-order valence-corrected chi connectivity index (χ1v) is 13.7. The summed E-state index contributed by atoms with van der Waals surface area (Å²) < 4.78 is 30.0. The van der Waals surface area contributed by atoms with Gasteiger partial charge < -0.3 is 17.9 Å². The number of hydrogen-bond donors (Lipinski definition) is 0. The van der Waals surface area contributed by atoms with Gasteiger partial charge in [-0.2, -0.15) is 0 Å². The molecule has 0 saturated heterocycles. The van der Waals surface area contributed by atoms with Crippen molar-refractivity contribution in [2.75, 3.05) is 5.75 Å². The monoisotopic (exact) mass is 538 g/mol. The van der Waals surface area contributed by atoms with Crippen LogP contribution in [-0.2, 0) is 27.3 Å². The van der Waals surface area contributed by atoms with Crippen molar-refractivity contribution in [1.29, 1.82) is 0 Å². The Morgan fingerprint density at radius 2 is 1.33 bits per heavy atom. The maximum absolute atomic E-state index is 12.9. The first-order chi connectivity index (χ1) is 14.0. The molecule has 7 heteroatoms. The standard InChI is InChI=1S/C22H30N2O2S.CH3.ClH.Ru/c1-3-11-18(12-4-2)17-27(25,26)24-22(20-15-9-6-10-16-20)21(23)19-13-7-5-8-14-19;;;/h5-10,13-16,18,21-23H,3-4,11-12,17H2,1-2H3;1H3;1H;/q-2;-1;;+4/p-1. The second-order valence-electron chi connectivity index (χ2n) is 7.04. The molecule has 2 atom stereocenters. The molecule has 30 heavy (non-hydrogen) atoms. The molecule has 0 aromatic heterocycles. The first kappa shape index (κ1) is 29.2. The van der Waals surface area contributed by atoms with Gasteiger partial charge in [-0.3, -0.25) is 0 Å². The maximum atomic E-state index is 12.9. The minimum absolute atomic E-state index is 0. The van der Waals surface area contributed by atoms with Crippen LogP contribution < -0.4 is 0 Å². The minimum atomic E-state index is -3.62. The van der Waals surface area contributed by atoms with E-state index in [1.807, 2.05) is 78.0 Å². The van der Waals surface area contributed by atoms with E-state index in [1.54, 1.807) is 0 Å². The first-order valence-electron chi connectivity index (χ1n) is 9.86. The fourth-order valence-corrected chi connectivity index (χ4v) is 5.05. The van der Waals surface area contributed by atoms with Gasteiger partial charge in [-0.05, 0) is 18.8 Å². The molecule has 0 heterocycles. The Labute approximate surface area is 197 Å². The molecule has 2 aromatic rings. The Hall–Kier alpha value is -0.777. The summed E-state index contributed by atoms with van der Waals surface area (Å²) in [5.74, 6) is 0.200. The van der Waals surface area contributed by atoms with E-state index in [2.05, 4.69) is 28.3 Å². The van der Waals surface area contributed by atoms with E-state index in [9.17, 15) is 8.42 Å². The van der Waals surface area contributed by atoms with Crippen LogP contribution in [0, 0.1) is 13.3 Å². The third-order valence-corrected chi connectivity index (χ3v) is 6.17. The van der Waals surface area contributed by atoms with Gasteiger partial charge in [-0.25, -0.2) is 8.42 Å². The summed E-state index contributed by atoms with van der Waals surface area (Å²) in [6.07, 6.45) is 3.71. The molecule has 2 unspecified atom stereocenters. The fraction of sp³-hybridized carbons (Fsp3) is 0.435. The van der Waals surface area contributed by atoms with Crippen LogP contribution in [0.1, 0.15) is 62.7 Å². The molecule has 0 aliphatic carbocycles. The van der Waals surface area contributed by atoms with Gasteiger partial charge in [0.1, 0.15) is 0 Å². The normalized spacial score (nSPS) is 13.0. The van der Waals surface area contributed by atoms with Crippen molar-refractivity contribution < 1.29 is 25.7 Å². The van der Waals surface area contributed by atoms with Crippen LogP contribution in [0.3, 0.4) is 0 Å². The van der Waals surface area contributed by atoms with E-state index in [-0.39, 0.29) is 19.1 Å². The third-order valence-electron chi connectivity index (χ3n) is 4.73. The Kier molecular flexibility index (Phi) is 15.5. The Morgan fingerprint density at radius 3 is 1.77 bits per heavy atom. The predicted octanol–water partition coefficient (Wildman–Crippen LogP) is 7.58. The van der Waals surface area contributed by atoms with Gasteiger partial charge in [0.25, 0.3) is 0 Å². The van der Waals surface area contributed by atoms with Crippen molar-refractivity contribution in [2.45, 2.75) is 51.6 Å². The molecular formula is C23H33ClN2O2RuS. The van der Waals surface area contributed by atoms with Gasteiger partial charge in [0.05, 0.1) is 10.0 Å². The zero-order chi connectivity index (χ0) is 21.7. The van der Waals surface area contributed by atoms with Crippen LogP contribution in [0.25, 0.3) is 10.5 Å². The van der Waals surface area contributed by atoms with Crippen molar-refractivity contribution in [3.8, 4) is 0 Å². The zero-order valence-electron chi connectivity index (χ0n) is 17.9. The van der Waals surface area contributed by atoms with Gasteiger partial charge >= 0.3 is 27.0 Å². The number of benzene rings is 2. The van der Waals surface area contributed by atoms with Gasteiger partial charge in [0, 0.05) is 5.75 Å². The molecule has 2 rings (SSSR count). The number of rotatable bonds is 11. The molecule has 1 N–H and O–H groups in total. The number of hydrogen-bond acceptors (Lipinski definition) is 2. The second-order valence-corrected chi connectivity index (χ2v) is 8.75. The molecule has 0 fully saturated rings. The van der Waals surface area contributed by atoms with Gasteiger partial charge in [0.15, 0.2) is 0 Å². The molecule has 0 saturated carbocycles. The molecule has 0 aliphatic heterocycles. The number of halogens is 1. The van der Waals surface area contributed by atoms with Gasteiger partial charge in [0.2, 0.25) is 0 Å². The van der Waals surface area contributed by atoms with Crippen LogP contribution in [-0.4, -0.2) is 14.2 Å². The third kappa shape index (κ3) is 10.0. The Morgan fingerprint density at radius 1 is 0.900 bits per heavy atom. The average molecular weight is 538 g/mol. The summed E-state index contributed by atoms with van der Waals surface area (Å²) in [4.78, 5) is 0. The predicted molar refractivity (Wildman–Crippen MR) is 125 cm³/mol. The summed E-state index contributed by atoms with van der Waals surface area (Å²) >= 11 is 1.82. The average Bonchev–Trinajstić information content (AvgIpc) is 2.74. The summed E-state index contributed by atoms with van der Waals surface area (Å²) in [5.41, 5.74) is 10.2. The van der Waals surface area contributed by atoms with E-state index in [1.165, 1.54) is 0 Å². The number of nitrogens with one attached hydrogen (secondary N) is 1. The Balaban J connectivity index is 0.00000272. The molecule has 2 aromatic carbocycles. The zero-order valence-corrected chi connectivity index (χ0v) is 21.3. The van der Waals surface area contributed by atoms with Crippen LogP contribution in [0.5, 0.6) is 0 Å². The topological polar surface area (TPSA) is 72.0 Å². The molecule has 4 nitrogen and oxygen atoms in total. The van der Waals surface area contributed by atoms with E-state index >= 15 is 0 Å². The number of sulfonamides is 1. The van der Waals surface area contributed by atoms with Crippen molar-refractivity contribution in [2.24, 2.45) is 5.92 Å². The molecular weight excluding hydrogens is 505 g/mol. The van der Waals surface area contributed by atoms with E-state index in [0.29, 0.717) is 0 Å². The van der Waals surface area contributed by atoms with E-state index in [0.717, 1.165) is 36.8 Å². The van der Waals surface area contributed by atoms with Gasteiger partial charge in [-0.1, -0.05) is 98.5 Å². The molecule has 168 valence electrons. The fourth-order valence-electron chi connectivity index (χ4n) is 3.45. The van der Waals surface area contributed by atoms with Gasteiger partial charge in [-0.15, -0.1) is 12.1 Å². The van der Waals surface area contributed by atoms with Crippen LogP contribution in [0.15, 0.2) is 60.7 Å². The van der Waals surface area contributed by atoms with Crippen LogP contribution in [0.4, 0.5) is 0 Å². The van der Waals surface area contributed by atoms with Crippen molar-refractivity contribution in [3.05, 3.63) is 89.7 Å². The van der Waals surface area contributed by atoms with E-state index in [4.69, 9.17) is 5.73 Å². The Bertz CT molecular complexity index is 770. The summed E-state index contributed by atoms with van der Waals surface area (Å²) in [6.45, 7) is 4.16. The van der Waals surface area contributed by atoms with Crippen molar-refractivity contribution in [3.63, 3.8) is 0 Å². The molecule has 0 amide bonds. The molecule has 0 radical (unpaired) electrons. The van der Waals surface area contributed by atoms with E-state index < -0.39 is 22.1 Å². The molecule has 0 spiro atoms. The SMILES string of the molecule is CCCC(CCC)CS(=O)(=O)[N-]C(c1ccccc1)C([NH-])c1ccccc1.[CH3-].[Cl][Ru+3]. The van der Waals surface area contributed by atoms with Crippen molar-refractivity contribution in [1.82, 2.24) is 0 Å². The summed E-state index contributed by atoms with van der Waals surface area (Å²) in [5, 5.41) is 0. The van der Waals surface area contributed by atoms with Crippen LogP contribution in [0.2, 0.25) is 0 Å². The van der Waals surface area contributed by atoms with Crippen LogP contribution >= 0.6 is 9.69 Å². The molecule has 0 bridgehead atoms.